The Morgan fingerprint density at radius 2 is 2.03 bits per heavy atom. The van der Waals surface area contributed by atoms with E-state index in [1.165, 1.54) is 42.3 Å². The van der Waals surface area contributed by atoms with Crippen molar-refractivity contribution in [3.8, 4) is 6.07 Å². The van der Waals surface area contributed by atoms with Crippen molar-refractivity contribution in [1.29, 1.82) is 5.26 Å². The maximum absolute atomic E-state index is 14.0. The highest BCUT2D eigenvalue weighted by molar-refractivity contribution is 7.93. The molecule has 1 aliphatic rings. The number of pyridine rings is 1. The Kier molecular flexibility index (Phi) is 8.62. The minimum absolute atomic E-state index is 0.0324. The lowest BCUT2D eigenvalue weighted by Crippen LogP contribution is -2.31. The fourth-order valence-electron chi connectivity index (χ4n) is 4.11. The van der Waals surface area contributed by atoms with Crippen molar-refractivity contribution in [2.24, 2.45) is 10.1 Å². The molecule has 3 rings (SSSR count). The zero-order valence-corrected chi connectivity index (χ0v) is 21.6. The van der Waals surface area contributed by atoms with Crippen LogP contribution in [0.2, 0.25) is 0 Å². The van der Waals surface area contributed by atoms with E-state index < -0.39 is 57.7 Å². The van der Waals surface area contributed by atoms with E-state index in [2.05, 4.69) is 14.7 Å². The van der Waals surface area contributed by atoms with Crippen molar-refractivity contribution in [1.82, 2.24) is 4.98 Å². The molecule has 0 spiro atoms. The Labute approximate surface area is 217 Å². The topological polar surface area (TPSA) is 124 Å². The number of nitrogens with zero attached hydrogens (tertiary/aromatic N) is 4. The van der Waals surface area contributed by atoms with Crippen molar-refractivity contribution >= 4 is 27.1 Å². The predicted molar refractivity (Wildman–Crippen MR) is 133 cm³/mol. The quantitative estimate of drug-likeness (QED) is 0.501. The number of nitrogens with two attached hydrogens (primary N) is 1. The Balaban J connectivity index is 2.11. The van der Waals surface area contributed by atoms with Gasteiger partial charge in [0.05, 0.1) is 27.4 Å². The largest absolute Gasteiger partial charge is 0.434 e. The van der Waals surface area contributed by atoms with Gasteiger partial charge >= 0.3 is 6.18 Å². The van der Waals surface area contributed by atoms with Gasteiger partial charge in [0, 0.05) is 49.3 Å². The molecule has 3 N–H and O–H groups in total. The fraction of sp³-hybridized carbons (Fsp3) is 0.458. The van der Waals surface area contributed by atoms with Gasteiger partial charge in [-0.05, 0) is 37.1 Å². The molecule has 0 bridgehead atoms. The minimum atomic E-state index is -5.02. The van der Waals surface area contributed by atoms with Gasteiger partial charge in [-0.15, -0.1) is 0 Å². The van der Waals surface area contributed by atoms with Gasteiger partial charge in [-0.3, -0.25) is 4.79 Å². The first-order valence-electron chi connectivity index (χ1n) is 11.6. The summed E-state index contributed by atoms with van der Waals surface area (Å²) in [5.41, 5.74) is 2.64. The molecule has 0 radical (unpaired) electrons. The number of rotatable bonds is 6. The first-order valence-corrected chi connectivity index (χ1v) is 13.6. The van der Waals surface area contributed by atoms with Gasteiger partial charge < -0.3 is 16.0 Å². The molecular weight excluding hydrogens is 531 g/mol. The SMILES string of the molecule is Cc1c(C#N)c(C(F)(F)F)nc(N2CCCC(F)(F)CC2)c1C(=O)Nc1cccc(S(C)(=O)=NCCN)c1. The summed E-state index contributed by atoms with van der Waals surface area (Å²) >= 11 is 0. The highest BCUT2D eigenvalue weighted by atomic mass is 32.2. The number of amides is 1. The molecule has 1 fully saturated rings. The first-order chi connectivity index (χ1) is 17.7. The molecular formula is C24H27F5N6O2S. The van der Waals surface area contributed by atoms with Crippen LogP contribution in [0.3, 0.4) is 0 Å². The number of carbonyl (C=O) groups excluding carboxylic acids is 1. The molecule has 38 heavy (non-hydrogen) atoms. The number of nitriles is 1. The van der Waals surface area contributed by atoms with Crippen LogP contribution < -0.4 is 16.0 Å². The number of hydrogen-bond donors (Lipinski definition) is 2. The second-order valence-corrected chi connectivity index (χ2v) is 11.2. The first kappa shape index (κ1) is 29.2. The number of anilines is 2. The van der Waals surface area contributed by atoms with E-state index in [-0.39, 0.29) is 49.4 Å². The Morgan fingerprint density at radius 1 is 1.32 bits per heavy atom. The molecule has 2 aromatic rings. The third kappa shape index (κ3) is 6.57. The minimum Gasteiger partial charge on any atom is -0.356 e. The van der Waals surface area contributed by atoms with Crippen LogP contribution in [0.25, 0.3) is 0 Å². The molecule has 1 saturated heterocycles. The average molecular weight is 559 g/mol. The van der Waals surface area contributed by atoms with Gasteiger partial charge in [0.2, 0.25) is 5.92 Å². The second-order valence-electron chi connectivity index (χ2n) is 8.89. The number of carbonyl (C=O) groups is 1. The molecule has 1 atom stereocenters. The van der Waals surface area contributed by atoms with Crippen molar-refractivity contribution in [3.63, 3.8) is 0 Å². The van der Waals surface area contributed by atoms with Gasteiger partial charge in [0.25, 0.3) is 5.91 Å². The summed E-state index contributed by atoms with van der Waals surface area (Å²) in [6.45, 7) is 1.13. The maximum Gasteiger partial charge on any atom is 0.434 e. The third-order valence-corrected chi connectivity index (χ3v) is 7.85. The highest BCUT2D eigenvalue weighted by Crippen LogP contribution is 2.38. The lowest BCUT2D eigenvalue weighted by Gasteiger charge is -2.27. The number of alkyl halides is 5. The summed E-state index contributed by atoms with van der Waals surface area (Å²) in [5, 5.41) is 12.0. The molecule has 2 heterocycles. The van der Waals surface area contributed by atoms with Crippen molar-refractivity contribution in [3.05, 3.63) is 46.6 Å². The average Bonchev–Trinajstić information content (AvgIpc) is 3.01. The van der Waals surface area contributed by atoms with Crippen molar-refractivity contribution in [2.45, 2.75) is 43.2 Å². The Morgan fingerprint density at radius 3 is 2.66 bits per heavy atom. The molecule has 14 heteroatoms. The highest BCUT2D eigenvalue weighted by Gasteiger charge is 2.40. The zero-order valence-electron chi connectivity index (χ0n) is 20.7. The van der Waals surface area contributed by atoms with Crippen LogP contribution in [0, 0.1) is 18.3 Å². The van der Waals surface area contributed by atoms with E-state index in [1.807, 2.05) is 0 Å². The van der Waals surface area contributed by atoms with E-state index in [4.69, 9.17) is 5.73 Å². The standard InChI is InChI=1S/C24H27F5N6O2S/c1-15-18(14-31)20(24(27,28)29)34-21(35-11-4-7-23(25,26)8-12-35)19(15)22(36)33-16-5-3-6-17(13-16)38(2,37)32-10-9-30/h3,5-6,13H,4,7-12,30H2,1-2H3,(H,33,36). The Bertz CT molecular complexity index is 1380. The number of benzene rings is 1. The lowest BCUT2D eigenvalue weighted by molar-refractivity contribution is -0.141. The molecule has 1 unspecified atom stereocenters. The third-order valence-electron chi connectivity index (χ3n) is 6.05. The summed E-state index contributed by atoms with van der Waals surface area (Å²) in [6, 6.07) is 7.41. The summed E-state index contributed by atoms with van der Waals surface area (Å²) in [5.74, 6) is -4.34. The predicted octanol–water partition coefficient (Wildman–Crippen LogP) is 4.57. The van der Waals surface area contributed by atoms with Gasteiger partial charge in [-0.1, -0.05) is 6.07 Å². The smallest absolute Gasteiger partial charge is 0.356 e. The molecule has 8 nitrogen and oxygen atoms in total. The van der Waals surface area contributed by atoms with Crippen LogP contribution in [-0.4, -0.2) is 53.5 Å². The van der Waals surface area contributed by atoms with E-state index >= 15 is 0 Å². The van der Waals surface area contributed by atoms with Gasteiger partial charge in [0.1, 0.15) is 11.9 Å². The van der Waals surface area contributed by atoms with Crippen LogP contribution in [0.4, 0.5) is 33.5 Å². The molecule has 1 aliphatic heterocycles. The van der Waals surface area contributed by atoms with E-state index in [0.29, 0.717) is 4.90 Å². The van der Waals surface area contributed by atoms with Crippen LogP contribution in [0.1, 0.15) is 46.4 Å². The zero-order chi connectivity index (χ0) is 28.3. The Hall–Kier alpha value is -3.31. The van der Waals surface area contributed by atoms with E-state index in [0.717, 1.165) is 0 Å². The van der Waals surface area contributed by atoms with Crippen molar-refractivity contribution in [2.75, 3.05) is 42.7 Å². The molecule has 1 amide bonds. The summed E-state index contributed by atoms with van der Waals surface area (Å²) in [7, 11) is -2.84. The van der Waals surface area contributed by atoms with Gasteiger partial charge in [-0.25, -0.2) is 22.3 Å². The number of aromatic nitrogens is 1. The monoisotopic (exact) mass is 558 g/mol. The second kappa shape index (κ2) is 11.2. The maximum atomic E-state index is 14.0. The van der Waals surface area contributed by atoms with Gasteiger partial charge in [0.15, 0.2) is 5.69 Å². The summed E-state index contributed by atoms with van der Waals surface area (Å²) < 4.78 is 86.3. The molecule has 1 aromatic heterocycles. The van der Waals surface area contributed by atoms with Gasteiger partial charge in [-0.2, -0.15) is 18.4 Å². The summed E-state index contributed by atoms with van der Waals surface area (Å²) in [4.78, 5) is 18.6. The van der Waals surface area contributed by atoms with Crippen LogP contribution >= 0.6 is 0 Å². The van der Waals surface area contributed by atoms with Crippen LogP contribution in [-0.2, 0) is 15.9 Å². The molecule has 1 aromatic carbocycles. The normalized spacial score (nSPS) is 17.2. The fourth-order valence-corrected chi connectivity index (χ4v) is 5.39. The van der Waals surface area contributed by atoms with Crippen LogP contribution in [0.15, 0.2) is 33.5 Å². The summed E-state index contributed by atoms with van der Waals surface area (Å²) in [6.07, 6.45) is -4.73. The molecule has 206 valence electrons. The van der Waals surface area contributed by atoms with Crippen LogP contribution in [0.5, 0.6) is 0 Å². The van der Waals surface area contributed by atoms with E-state index in [9.17, 15) is 36.2 Å². The lowest BCUT2D eigenvalue weighted by atomic mass is 10.00. The number of nitrogens with one attached hydrogen (secondary N) is 1. The van der Waals surface area contributed by atoms with Crippen molar-refractivity contribution < 1.29 is 31.0 Å². The van der Waals surface area contributed by atoms with E-state index in [1.54, 1.807) is 6.07 Å². The molecule has 0 saturated carbocycles. The molecule has 0 aliphatic carbocycles. The number of halogens is 5. The number of hydrogen-bond acceptors (Lipinski definition) is 7.